The molecule has 1 N–H and O–H groups in total. The molecule has 4 aromatic rings. The summed E-state index contributed by atoms with van der Waals surface area (Å²) in [6.45, 7) is 1.89. The van der Waals surface area contributed by atoms with Crippen LogP contribution in [-0.4, -0.2) is 23.5 Å². The van der Waals surface area contributed by atoms with Crippen molar-refractivity contribution in [1.82, 2.24) is 9.13 Å². The van der Waals surface area contributed by atoms with Crippen LogP contribution >= 0.6 is 0 Å². The van der Waals surface area contributed by atoms with Gasteiger partial charge in [0.1, 0.15) is 5.82 Å². The number of anilines is 1. The van der Waals surface area contributed by atoms with E-state index in [0.29, 0.717) is 11.0 Å². The van der Waals surface area contributed by atoms with Crippen molar-refractivity contribution >= 4 is 32.5 Å². The van der Waals surface area contributed by atoms with Gasteiger partial charge in [-0.15, -0.1) is 0 Å². The maximum Gasteiger partial charge on any atom is 0.328 e. The van der Waals surface area contributed by atoms with Crippen LogP contribution in [0.2, 0.25) is 0 Å². The summed E-state index contributed by atoms with van der Waals surface area (Å²) in [6.07, 6.45) is 0.0501. The Kier molecular flexibility index (Phi) is 5.67. The van der Waals surface area contributed by atoms with E-state index in [4.69, 9.17) is 0 Å². The highest BCUT2D eigenvalue weighted by atomic mass is 32.2. The summed E-state index contributed by atoms with van der Waals surface area (Å²) >= 11 is 0. The molecule has 1 heterocycles. The summed E-state index contributed by atoms with van der Waals surface area (Å²) in [5.74, 6) is -0.971. The summed E-state index contributed by atoms with van der Waals surface area (Å²) in [5, 5.41) is 2.70. The van der Waals surface area contributed by atoms with Crippen LogP contribution in [0.1, 0.15) is 11.1 Å². The van der Waals surface area contributed by atoms with Crippen LogP contribution < -0.4 is 11.0 Å². The number of benzene rings is 3. The van der Waals surface area contributed by atoms with Crippen molar-refractivity contribution in [3.05, 3.63) is 88.1 Å². The Labute approximate surface area is 190 Å². The number of aromatic nitrogens is 2. The Morgan fingerprint density at radius 1 is 0.970 bits per heavy atom. The Morgan fingerprint density at radius 2 is 1.58 bits per heavy atom. The number of carbonyl (C=O) groups excluding carboxylic acids is 1. The number of hydrogen-bond acceptors (Lipinski definition) is 4. The van der Waals surface area contributed by atoms with E-state index in [1.54, 1.807) is 7.05 Å². The molecule has 0 aliphatic heterocycles. The highest BCUT2D eigenvalue weighted by molar-refractivity contribution is 7.91. The number of amides is 1. The lowest BCUT2D eigenvalue weighted by Crippen LogP contribution is -2.19. The van der Waals surface area contributed by atoms with E-state index in [1.165, 1.54) is 28.3 Å². The van der Waals surface area contributed by atoms with E-state index in [9.17, 15) is 22.4 Å². The van der Waals surface area contributed by atoms with Crippen molar-refractivity contribution in [3.8, 4) is 0 Å². The zero-order valence-corrected chi connectivity index (χ0v) is 19.1. The van der Waals surface area contributed by atoms with Gasteiger partial charge in [-0.3, -0.25) is 13.9 Å². The monoisotopic (exact) mass is 467 g/mol. The first-order valence-electron chi connectivity index (χ1n) is 10.1. The van der Waals surface area contributed by atoms with Gasteiger partial charge < -0.3 is 5.32 Å². The fourth-order valence-corrected chi connectivity index (χ4v) is 5.18. The number of halogens is 1. The predicted octanol–water partition coefficient (Wildman–Crippen LogP) is 3.34. The quantitative estimate of drug-likeness (QED) is 0.456. The Bertz CT molecular complexity index is 1550. The molecule has 3 aromatic carbocycles. The molecule has 0 saturated heterocycles. The Morgan fingerprint density at radius 3 is 2.21 bits per heavy atom. The molecule has 0 bridgehead atoms. The molecule has 0 aliphatic rings. The van der Waals surface area contributed by atoms with Crippen LogP contribution in [0, 0.1) is 12.7 Å². The van der Waals surface area contributed by atoms with E-state index >= 15 is 0 Å². The van der Waals surface area contributed by atoms with E-state index in [1.807, 2.05) is 31.2 Å². The summed E-state index contributed by atoms with van der Waals surface area (Å²) < 4.78 is 43.0. The summed E-state index contributed by atoms with van der Waals surface area (Å²) in [5.41, 5.74) is 2.32. The fourth-order valence-electron chi connectivity index (χ4n) is 3.76. The number of carbonyl (C=O) groups is 1. The second-order valence-corrected chi connectivity index (χ2v) is 9.76. The van der Waals surface area contributed by atoms with Crippen molar-refractivity contribution < 1.29 is 17.6 Å². The third kappa shape index (κ3) is 4.07. The molecule has 1 aromatic heterocycles. The number of nitrogens with one attached hydrogen (secondary N) is 1. The van der Waals surface area contributed by atoms with Crippen LogP contribution in [0.25, 0.3) is 11.0 Å². The number of rotatable bonds is 5. The molecule has 33 heavy (non-hydrogen) atoms. The number of sulfone groups is 1. The van der Waals surface area contributed by atoms with Gasteiger partial charge in [0.2, 0.25) is 15.7 Å². The average molecular weight is 468 g/mol. The maximum absolute atomic E-state index is 13.4. The highest BCUT2D eigenvalue weighted by Gasteiger charge is 2.25. The zero-order valence-electron chi connectivity index (χ0n) is 18.3. The lowest BCUT2D eigenvalue weighted by atomic mass is 10.1. The van der Waals surface area contributed by atoms with Gasteiger partial charge in [-0.2, -0.15) is 0 Å². The Hall–Kier alpha value is -3.72. The first-order valence-corrected chi connectivity index (χ1v) is 11.6. The molecule has 0 atom stereocenters. The molecule has 0 aliphatic carbocycles. The molecule has 1 amide bonds. The van der Waals surface area contributed by atoms with Crippen molar-refractivity contribution in [3.63, 3.8) is 0 Å². The first-order chi connectivity index (χ1) is 15.6. The van der Waals surface area contributed by atoms with Gasteiger partial charge in [-0.05, 0) is 54.4 Å². The molecule has 170 valence electrons. The van der Waals surface area contributed by atoms with E-state index in [0.717, 1.165) is 35.4 Å². The predicted molar refractivity (Wildman–Crippen MR) is 124 cm³/mol. The van der Waals surface area contributed by atoms with Crippen LogP contribution in [0.15, 0.2) is 75.2 Å². The summed E-state index contributed by atoms with van der Waals surface area (Å²) in [4.78, 5) is 25.0. The average Bonchev–Trinajstić information content (AvgIpc) is 2.98. The van der Waals surface area contributed by atoms with Gasteiger partial charge in [-0.25, -0.2) is 17.6 Å². The number of hydrogen-bond donors (Lipinski definition) is 1. The first kappa shape index (κ1) is 22.5. The van der Waals surface area contributed by atoms with Crippen molar-refractivity contribution in [1.29, 1.82) is 0 Å². The van der Waals surface area contributed by atoms with Crippen LogP contribution in [0.3, 0.4) is 0 Å². The van der Waals surface area contributed by atoms with Crippen LogP contribution in [0.5, 0.6) is 0 Å². The standard InChI is InChI=1S/C24H22FN3O4S/c1-15-6-4-5-7-16(15)12-23(29)26-19-13-20-21(28(3)24(30)27(20)2)14-22(19)33(31,32)18-10-8-17(25)9-11-18/h4-11,13-14H,12H2,1-3H3,(H,26,29). The van der Waals surface area contributed by atoms with E-state index in [2.05, 4.69) is 5.32 Å². The highest BCUT2D eigenvalue weighted by Crippen LogP contribution is 2.32. The van der Waals surface area contributed by atoms with Gasteiger partial charge in [0.05, 0.1) is 32.9 Å². The van der Waals surface area contributed by atoms with Crippen molar-refractivity contribution in [2.75, 3.05) is 5.32 Å². The van der Waals surface area contributed by atoms with Gasteiger partial charge >= 0.3 is 5.69 Å². The fraction of sp³-hybridized carbons (Fsp3) is 0.167. The van der Waals surface area contributed by atoms with Gasteiger partial charge in [0.25, 0.3) is 0 Å². The molecule has 4 rings (SSSR count). The molecular formula is C24H22FN3O4S. The number of aryl methyl sites for hydroxylation is 3. The van der Waals surface area contributed by atoms with Crippen molar-refractivity contribution in [2.24, 2.45) is 14.1 Å². The van der Waals surface area contributed by atoms with E-state index in [-0.39, 0.29) is 27.6 Å². The lowest BCUT2D eigenvalue weighted by Gasteiger charge is -2.14. The third-order valence-electron chi connectivity index (χ3n) is 5.67. The zero-order chi connectivity index (χ0) is 23.9. The molecule has 0 fully saturated rings. The largest absolute Gasteiger partial charge is 0.328 e. The smallest absolute Gasteiger partial charge is 0.325 e. The Balaban J connectivity index is 1.85. The third-order valence-corrected chi connectivity index (χ3v) is 7.48. The molecular weight excluding hydrogens is 445 g/mol. The minimum absolute atomic E-state index is 0.0478. The molecule has 0 unspecified atom stereocenters. The van der Waals surface area contributed by atoms with Crippen molar-refractivity contribution in [2.45, 2.75) is 23.1 Å². The normalized spacial score (nSPS) is 11.6. The van der Waals surface area contributed by atoms with Gasteiger partial charge in [0, 0.05) is 14.1 Å². The van der Waals surface area contributed by atoms with Gasteiger partial charge in [-0.1, -0.05) is 24.3 Å². The van der Waals surface area contributed by atoms with Gasteiger partial charge in [0.15, 0.2) is 0 Å². The molecule has 7 nitrogen and oxygen atoms in total. The maximum atomic E-state index is 13.4. The van der Waals surface area contributed by atoms with E-state index < -0.39 is 21.6 Å². The minimum Gasteiger partial charge on any atom is -0.325 e. The number of fused-ring (bicyclic) bond motifs is 1. The van der Waals surface area contributed by atoms with Crippen LogP contribution in [-0.2, 0) is 35.1 Å². The second-order valence-electron chi connectivity index (χ2n) is 7.85. The summed E-state index contributed by atoms with van der Waals surface area (Å²) in [6, 6.07) is 14.7. The molecule has 0 saturated carbocycles. The van der Waals surface area contributed by atoms with Crippen LogP contribution in [0.4, 0.5) is 10.1 Å². The minimum atomic E-state index is -4.13. The topological polar surface area (TPSA) is 90.2 Å². The molecule has 9 heteroatoms. The second kappa shape index (κ2) is 8.32. The number of nitrogens with zero attached hydrogens (tertiary/aromatic N) is 2. The number of imidazole rings is 1. The summed E-state index contributed by atoms with van der Waals surface area (Å²) in [7, 11) is -1.03. The molecule has 0 spiro atoms. The lowest BCUT2D eigenvalue weighted by molar-refractivity contribution is -0.115. The SMILES string of the molecule is Cc1ccccc1CC(=O)Nc1cc2c(cc1S(=O)(=O)c1ccc(F)cc1)n(C)c(=O)n2C. The molecule has 0 radical (unpaired) electrons.